The molecule has 0 aliphatic carbocycles. The molecule has 1 heterocycles. The van der Waals surface area contributed by atoms with E-state index < -0.39 is 0 Å². The van der Waals surface area contributed by atoms with Crippen LogP contribution in [0.4, 0.5) is 4.79 Å². The molecule has 0 unspecified atom stereocenters. The Hall–Kier alpha value is -1.17. The van der Waals surface area contributed by atoms with E-state index in [-0.39, 0.29) is 18.1 Å². The number of carbonyl (C=O) groups excluding carboxylic acids is 1. The summed E-state index contributed by atoms with van der Waals surface area (Å²) in [5.41, 5.74) is 3.21. The van der Waals surface area contributed by atoms with Crippen molar-refractivity contribution in [1.82, 2.24) is 20.4 Å². The van der Waals surface area contributed by atoms with E-state index in [9.17, 15) is 4.79 Å². The van der Waals surface area contributed by atoms with Crippen molar-refractivity contribution >= 4 is 17.8 Å². The Morgan fingerprint density at radius 3 is 2.50 bits per heavy atom. The number of aromatic nitrogens is 2. The number of thioether (sulfide) groups is 1. The van der Waals surface area contributed by atoms with Gasteiger partial charge in [-0.3, -0.25) is 4.68 Å². The van der Waals surface area contributed by atoms with Crippen LogP contribution in [0.1, 0.15) is 43.3 Å². The number of nitrogens with one attached hydrogen (secondary N) is 2. The fourth-order valence-corrected chi connectivity index (χ4v) is 2.97. The maximum absolute atomic E-state index is 12.0. The second kappa shape index (κ2) is 7.57. The molecule has 1 aromatic rings. The Morgan fingerprint density at radius 2 is 2.05 bits per heavy atom. The van der Waals surface area contributed by atoms with Crippen molar-refractivity contribution in [2.24, 2.45) is 7.05 Å². The number of amides is 2. The average molecular weight is 298 g/mol. The largest absolute Gasteiger partial charge is 0.335 e. The Balaban J connectivity index is 2.74. The Bertz CT molecular complexity index is 458. The molecule has 20 heavy (non-hydrogen) atoms. The lowest BCUT2D eigenvalue weighted by Crippen LogP contribution is -2.43. The highest BCUT2D eigenvalue weighted by atomic mass is 32.2. The summed E-state index contributed by atoms with van der Waals surface area (Å²) in [6.07, 6.45) is 2.88. The quantitative estimate of drug-likeness (QED) is 0.848. The van der Waals surface area contributed by atoms with Crippen LogP contribution in [0.5, 0.6) is 0 Å². The molecule has 0 fully saturated rings. The molecule has 1 rings (SSSR count). The molecule has 2 N–H and O–H groups in total. The normalized spacial score (nSPS) is 13.9. The first-order chi connectivity index (χ1) is 9.40. The van der Waals surface area contributed by atoms with E-state index >= 15 is 0 Å². The topological polar surface area (TPSA) is 59.0 Å². The molecule has 0 bridgehead atoms. The van der Waals surface area contributed by atoms with Crippen LogP contribution in [0.3, 0.4) is 0 Å². The smallest absolute Gasteiger partial charge is 0.315 e. The SMILES string of the molecule is CC[C@@H](NC(=O)N[C@@H](C)CSC)c1c(C)nn(C)c1C. The van der Waals surface area contributed by atoms with Crippen LogP contribution in [0.25, 0.3) is 0 Å². The van der Waals surface area contributed by atoms with E-state index in [1.54, 1.807) is 11.8 Å². The van der Waals surface area contributed by atoms with Crippen LogP contribution >= 0.6 is 11.8 Å². The second-order valence-corrected chi connectivity index (χ2v) is 6.05. The summed E-state index contributed by atoms with van der Waals surface area (Å²) in [6, 6.07) is 0.0600. The van der Waals surface area contributed by atoms with Crippen LogP contribution in [0, 0.1) is 13.8 Å². The minimum Gasteiger partial charge on any atom is -0.335 e. The third-order valence-electron chi connectivity index (χ3n) is 3.42. The monoisotopic (exact) mass is 298 g/mol. The van der Waals surface area contributed by atoms with Gasteiger partial charge in [0.1, 0.15) is 0 Å². The molecule has 1 aromatic heterocycles. The second-order valence-electron chi connectivity index (χ2n) is 5.14. The Labute approximate surface area is 125 Å². The lowest BCUT2D eigenvalue weighted by Gasteiger charge is -2.20. The highest BCUT2D eigenvalue weighted by Crippen LogP contribution is 2.23. The third-order valence-corrected chi connectivity index (χ3v) is 4.25. The van der Waals surface area contributed by atoms with E-state index in [4.69, 9.17) is 0 Å². The predicted molar refractivity (Wildman–Crippen MR) is 85.2 cm³/mol. The summed E-state index contributed by atoms with van der Waals surface area (Å²) < 4.78 is 1.86. The van der Waals surface area contributed by atoms with E-state index in [0.29, 0.717) is 0 Å². The zero-order valence-corrected chi connectivity index (χ0v) is 14.1. The number of carbonyl (C=O) groups is 1. The van der Waals surface area contributed by atoms with Crippen LogP contribution in [-0.4, -0.2) is 33.9 Å². The minimum atomic E-state index is -0.110. The van der Waals surface area contributed by atoms with E-state index in [1.807, 2.05) is 38.8 Å². The summed E-state index contributed by atoms with van der Waals surface area (Å²) in [5.74, 6) is 0.912. The van der Waals surface area contributed by atoms with Gasteiger partial charge in [0.05, 0.1) is 11.7 Å². The van der Waals surface area contributed by atoms with Crippen molar-refractivity contribution in [3.63, 3.8) is 0 Å². The molecule has 0 spiro atoms. The number of rotatable bonds is 6. The number of hydrogen-bond acceptors (Lipinski definition) is 3. The molecule has 0 aliphatic rings. The predicted octanol–water partition coefficient (Wildman–Crippen LogP) is 2.54. The molecular weight excluding hydrogens is 272 g/mol. The van der Waals surface area contributed by atoms with Crippen LogP contribution < -0.4 is 10.6 Å². The van der Waals surface area contributed by atoms with Crippen LogP contribution in [0.15, 0.2) is 0 Å². The zero-order valence-electron chi connectivity index (χ0n) is 13.3. The Kier molecular flexibility index (Phi) is 6.39. The summed E-state index contributed by atoms with van der Waals surface area (Å²) in [7, 11) is 1.93. The van der Waals surface area contributed by atoms with E-state index in [2.05, 4.69) is 22.7 Å². The van der Waals surface area contributed by atoms with Gasteiger partial charge in [0.2, 0.25) is 0 Å². The highest BCUT2D eigenvalue weighted by molar-refractivity contribution is 7.98. The van der Waals surface area contributed by atoms with Gasteiger partial charge in [-0.25, -0.2) is 4.79 Å². The lowest BCUT2D eigenvalue weighted by molar-refractivity contribution is 0.234. The number of nitrogens with zero attached hydrogens (tertiary/aromatic N) is 2. The van der Waals surface area contributed by atoms with Crippen LogP contribution in [-0.2, 0) is 7.05 Å². The minimum absolute atomic E-state index is 0.00480. The summed E-state index contributed by atoms with van der Waals surface area (Å²) in [5, 5.41) is 10.4. The van der Waals surface area contributed by atoms with Crippen molar-refractivity contribution in [2.75, 3.05) is 12.0 Å². The van der Waals surface area contributed by atoms with Gasteiger partial charge < -0.3 is 10.6 Å². The van der Waals surface area contributed by atoms with E-state index in [1.165, 1.54) is 0 Å². The molecule has 2 atom stereocenters. The molecule has 0 saturated carbocycles. The molecular formula is C14H26N4OS. The van der Waals surface area contributed by atoms with Crippen molar-refractivity contribution in [3.8, 4) is 0 Å². The molecule has 0 aromatic carbocycles. The summed E-state index contributed by atoms with van der Waals surface area (Å²) in [6.45, 7) is 8.11. The van der Waals surface area contributed by atoms with Gasteiger partial charge >= 0.3 is 6.03 Å². The Morgan fingerprint density at radius 1 is 1.40 bits per heavy atom. The van der Waals surface area contributed by atoms with Crippen molar-refractivity contribution in [2.45, 2.75) is 46.2 Å². The molecule has 0 saturated heterocycles. The van der Waals surface area contributed by atoms with Gasteiger partial charge in [-0.05, 0) is 33.4 Å². The lowest BCUT2D eigenvalue weighted by atomic mass is 10.0. The standard InChI is InChI=1S/C14H26N4OS/c1-7-12(13-10(3)17-18(5)11(13)4)16-14(19)15-9(2)8-20-6/h9,12H,7-8H2,1-6H3,(H2,15,16,19)/t9-,12+/m0/s1. The first-order valence-corrected chi connectivity index (χ1v) is 8.36. The summed E-state index contributed by atoms with van der Waals surface area (Å²) >= 11 is 1.73. The van der Waals surface area contributed by atoms with Gasteiger partial charge in [0.15, 0.2) is 0 Å². The maximum Gasteiger partial charge on any atom is 0.315 e. The number of hydrogen-bond donors (Lipinski definition) is 2. The van der Waals surface area contributed by atoms with Crippen molar-refractivity contribution < 1.29 is 4.79 Å². The van der Waals surface area contributed by atoms with Gasteiger partial charge in [-0.2, -0.15) is 16.9 Å². The van der Waals surface area contributed by atoms with Gasteiger partial charge in [0.25, 0.3) is 0 Å². The molecule has 5 nitrogen and oxygen atoms in total. The number of aryl methyl sites for hydroxylation is 2. The number of urea groups is 1. The highest BCUT2D eigenvalue weighted by Gasteiger charge is 2.20. The molecule has 6 heteroatoms. The van der Waals surface area contributed by atoms with Crippen molar-refractivity contribution in [3.05, 3.63) is 17.0 Å². The molecule has 2 amide bonds. The van der Waals surface area contributed by atoms with Crippen LogP contribution in [0.2, 0.25) is 0 Å². The first kappa shape index (κ1) is 16.9. The molecule has 114 valence electrons. The molecule has 0 radical (unpaired) electrons. The molecule has 0 aliphatic heterocycles. The first-order valence-electron chi connectivity index (χ1n) is 6.96. The zero-order chi connectivity index (χ0) is 15.3. The third kappa shape index (κ3) is 4.16. The van der Waals surface area contributed by atoms with Crippen molar-refractivity contribution in [1.29, 1.82) is 0 Å². The van der Waals surface area contributed by atoms with Gasteiger partial charge in [0, 0.05) is 30.1 Å². The maximum atomic E-state index is 12.0. The average Bonchev–Trinajstić information content (AvgIpc) is 2.61. The summed E-state index contributed by atoms with van der Waals surface area (Å²) in [4.78, 5) is 12.0. The van der Waals surface area contributed by atoms with Gasteiger partial charge in [-0.1, -0.05) is 6.92 Å². The van der Waals surface area contributed by atoms with Gasteiger partial charge in [-0.15, -0.1) is 0 Å². The fourth-order valence-electron chi connectivity index (χ4n) is 2.39. The van der Waals surface area contributed by atoms with E-state index in [0.717, 1.165) is 29.1 Å². The fraction of sp³-hybridized carbons (Fsp3) is 0.714.